The smallest absolute Gasteiger partial charge is 0.335 e. The van der Waals surface area contributed by atoms with E-state index in [9.17, 15) is 65.4 Å². The van der Waals surface area contributed by atoms with E-state index in [0.717, 1.165) is 38.5 Å². The third-order valence-corrected chi connectivity index (χ3v) is 19.9. The number of rotatable bonds is 9. The largest absolute Gasteiger partial charge is 0.479 e. The predicted molar refractivity (Wildman–Crippen MR) is 229 cm³/mol. The molecule has 9 rings (SSSR count). The molecule has 2 bridgehead atoms. The lowest BCUT2D eigenvalue weighted by molar-refractivity contribution is -0.493. The molecular formula is C48H72O20. The Labute approximate surface area is 394 Å². The van der Waals surface area contributed by atoms with Crippen LogP contribution in [0.15, 0.2) is 11.6 Å². The first-order valence-electron chi connectivity index (χ1n) is 24.4. The summed E-state index contributed by atoms with van der Waals surface area (Å²) in [5, 5.41) is 108. The number of carbonyl (C=O) groups is 3. The van der Waals surface area contributed by atoms with Crippen molar-refractivity contribution in [1.29, 1.82) is 0 Å². The maximum absolute atomic E-state index is 13.2. The molecule has 20 nitrogen and oxygen atoms in total. The minimum absolute atomic E-state index is 0.0947. The fourth-order valence-electron chi connectivity index (χ4n) is 15.5. The van der Waals surface area contributed by atoms with Crippen molar-refractivity contribution in [2.75, 3.05) is 6.61 Å². The molecule has 4 aliphatic heterocycles. The molecule has 68 heavy (non-hydrogen) atoms. The van der Waals surface area contributed by atoms with Crippen molar-refractivity contribution >= 4 is 17.9 Å². The van der Waals surface area contributed by atoms with Gasteiger partial charge in [-0.15, -0.1) is 0 Å². The number of fused-ring (bicyclic) bond motifs is 10. The molecule has 0 radical (unpaired) electrons. The summed E-state index contributed by atoms with van der Waals surface area (Å²) in [6.07, 6.45) is -18.3. The van der Waals surface area contributed by atoms with Crippen LogP contribution in [0.25, 0.3) is 0 Å². The van der Waals surface area contributed by atoms with E-state index in [1.807, 2.05) is 13.8 Å². The quantitative estimate of drug-likeness (QED) is 0.0658. The molecule has 384 valence electrons. The second-order valence-corrected chi connectivity index (χ2v) is 23.5. The number of allylic oxidation sites excluding steroid dienone is 2. The summed E-state index contributed by atoms with van der Waals surface area (Å²) < 4.78 is 42.1. The molecular weight excluding hydrogens is 897 g/mol. The molecule has 9 aliphatic rings. The van der Waals surface area contributed by atoms with Gasteiger partial charge in [0.25, 0.3) is 5.97 Å². The van der Waals surface area contributed by atoms with Gasteiger partial charge >= 0.3 is 17.9 Å². The highest BCUT2D eigenvalue weighted by atomic mass is 16.9. The van der Waals surface area contributed by atoms with E-state index in [4.69, 9.17) is 33.2 Å². The van der Waals surface area contributed by atoms with Gasteiger partial charge in [-0.05, 0) is 99.2 Å². The average Bonchev–Trinajstić information content (AvgIpc) is 3.54. The maximum atomic E-state index is 13.2. The Hall–Kier alpha value is -2.41. The number of aliphatic carboxylic acids is 2. The average molecular weight is 969 g/mol. The number of aliphatic hydroxyl groups is 8. The molecule has 4 saturated carbocycles. The zero-order valence-corrected chi connectivity index (χ0v) is 39.8. The van der Waals surface area contributed by atoms with Crippen LogP contribution in [0.5, 0.6) is 0 Å². The van der Waals surface area contributed by atoms with Crippen molar-refractivity contribution in [3.8, 4) is 0 Å². The molecule has 20 heteroatoms. The zero-order chi connectivity index (χ0) is 49.6. The normalized spacial score (nSPS) is 56.5. The molecule has 0 aromatic carbocycles. The number of hydrogen-bond donors (Lipinski definition) is 10. The van der Waals surface area contributed by atoms with E-state index >= 15 is 0 Å². The van der Waals surface area contributed by atoms with Gasteiger partial charge in [0.15, 0.2) is 24.8 Å². The van der Waals surface area contributed by atoms with Gasteiger partial charge in [-0.1, -0.05) is 46.3 Å². The molecule has 5 aliphatic carbocycles. The van der Waals surface area contributed by atoms with Crippen molar-refractivity contribution in [3.63, 3.8) is 0 Å². The number of esters is 1. The van der Waals surface area contributed by atoms with Crippen LogP contribution in [-0.4, -0.2) is 173 Å². The second-order valence-electron chi connectivity index (χ2n) is 23.5. The second kappa shape index (κ2) is 16.8. The summed E-state index contributed by atoms with van der Waals surface area (Å²) in [5.41, 5.74) is -0.923. The Kier molecular flexibility index (Phi) is 12.5. The van der Waals surface area contributed by atoms with Crippen LogP contribution in [0.2, 0.25) is 0 Å². The van der Waals surface area contributed by atoms with Crippen LogP contribution < -0.4 is 0 Å². The molecule has 4 saturated heterocycles. The summed E-state index contributed by atoms with van der Waals surface area (Å²) in [5.74, 6) is -6.26. The van der Waals surface area contributed by atoms with Gasteiger partial charge < -0.3 is 79.5 Å². The number of ether oxygens (including phenoxy) is 7. The number of carboxylic acids is 2. The van der Waals surface area contributed by atoms with E-state index in [0.29, 0.717) is 19.3 Å². The van der Waals surface area contributed by atoms with Crippen molar-refractivity contribution in [3.05, 3.63) is 11.6 Å². The molecule has 0 spiro atoms. The van der Waals surface area contributed by atoms with E-state index < -0.39 is 121 Å². The van der Waals surface area contributed by atoms with Gasteiger partial charge in [0, 0.05) is 17.3 Å². The molecule has 8 fully saturated rings. The standard InChI is InChI=1S/C48H72O20/c1-20-28(51)30(53)33(56)39(62-20)68-48(17-23(50)29(52)35(66-48)38(59)60)67-36-32(55)31(54)34(37(57)58)65-40(36)63-26-11-12-44(4)24(45(26,5)19-49)10-13-47(7)25(44)9-8-21-22-16-42(2)18-27(64-41(42)61)43(22,3)14-15-46(21,47)6/h8,20,22-36,39-40,49-56H,9-19H2,1-7H3,(H,57,58)(H,59,60)/t20-,22-,23-,24-,25-,26+,27-,28+,29-,30+,31-,32+,33-,34+,35+,36-,39-,40+,42-,43-,44+,45-,46-,47-,48-/m0/s1. The van der Waals surface area contributed by atoms with Gasteiger partial charge in [-0.2, -0.15) is 0 Å². The first-order valence-corrected chi connectivity index (χ1v) is 24.4. The van der Waals surface area contributed by atoms with Crippen molar-refractivity contribution < 1.29 is 98.6 Å². The highest BCUT2D eigenvalue weighted by Crippen LogP contribution is 2.76. The van der Waals surface area contributed by atoms with Crippen LogP contribution in [0.3, 0.4) is 0 Å². The fraction of sp³-hybridized carbons (Fsp3) is 0.896. The minimum atomic E-state index is -2.92. The molecule has 0 unspecified atom stereocenters. The molecule has 25 atom stereocenters. The van der Waals surface area contributed by atoms with Gasteiger partial charge in [0.2, 0.25) is 0 Å². The summed E-state index contributed by atoms with van der Waals surface area (Å²) in [7, 11) is 0. The Morgan fingerprint density at radius 2 is 1.41 bits per heavy atom. The number of carbonyl (C=O) groups excluding carboxylic acids is 1. The monoisotopic (exact) mass is 968 g/mol. The van der Waals surface area contributed by atoms with Gasteiger partial charge in [-0.25, -0.2) is 9.59 Å². The van der Waals surface area contributed by atoms with Crippen LogP contribution in [0.4, 0.5) is 0 Å². The summed E-state index contributed by atoms with van der Waals surface area (Å²) in [4.78, 5) is 38.1. The van der Waals surface area contributed by atoms with Crippen molar-refractivity contribution in [2.24, 2.45) is 50.2 Å². The predicted octanol–water partition coefficient (Wildman–Crippen LogP) is 0.691. The summed E-state index contributed by atoms with van der Waals surface area (Å²) >= 11 is 0. The van der Waals surface area contributed by atoms with Crippen LogP contribution in [0.1, 0.15) is 113 Å². The third kappa shape index (κ3) is 7.23. The molecule has 10 N–H and O–H groups in total. The molecule has 0 aromatic rings. The zero-order valence-electron chi connectivity index (χ0n) is 39.8. The van der Waals surface area contributed by atoms with Gasteiger partial charge in [-0.3, -0.25) is 9.53 Å². The van der Waals surface area contributed by atoms with Crippen LogP contribution >= 0.6 is 0 Å². The lowest BCUT2D eigenvalue weighted by Gasteiger charge is -2.71. The van der Waals surface area contributed by atoms with Crippen LogP contribution in [-0.2, 0) is 47.5 Å². The Morgan fingerprint density at radius 1 is 0.721 bits per heavy atom. The fourth-order valence-corrected chi connectivity index (χ4v) is 15.5. The number of aliphatic hydroxyl groups excluding tert-OH is 8. The Balaban J connectivity index is 1.02. The van der Waals surface area contributed by atoms with Crippen molar-refractivity contribution in [1.82, 2.24) is 0 Å². The minimum Gasteiger partial charge on any atom is -0.479 e. The number of carboxylic acid groups (broad SMARTS) is 2. The molecule has 0 amide bonds. The first kappa shape index (κ1) is 50.5. The van der Waals surface area contributed by atoms with Crippen molar-refractivity contribution in [2.45, 2.75) is 211 Å². The van der Waals surface area contributed by atoms with E-state index in [1.54, 1.807) is 0 Å². The highest BCUT2D eigenvalue weighted by molar-refractivity contribution is 5.79. The van der Waals surface area contributed by atoms with E-state index in [2.05, 4.69) is 33.8 Å². The maximum Gasteiger partial charge on any atom is 0.335 e. The van der Waals surface area contributed by atoms with E-state index in [1.165, 1.54) is 12.5 Å². The Bertz CT molecular complexity index is 2040. The third-order valence-electron chi connectivity index (χ3n) is 19.9. The summed E-state index contributed by atoms with van der Waals surface area (Å²) in [6, 6.07) is 0. The number of hydrogen-bond acceptors (Lipinski definition) is 18. The van der Waals surface area contributed by atoms with E-state index in [-0.39, 0.29) is 58.1 Å². The lowest BCUT2D eigenvalue weighted by atomic mass is 9.33. The molecule has 4 heterocycles. The molecule has 0 aromatic heterocycles. The lowest BCUT2D eigenvalue weighted by Crippen LogP contribution is -2.69. The topological polar surface area (TPSA) is 318 Å². The van der Waals surface area contributed by atoms with Gasteiger partial charge in [0.1, 0.15) is 48.8 Å². The SMILES string of the molecule is C[C@@H]1O[C@@H](O[C@@]2(O[C@@H]3[C@H](O[C@@H]4CC[C@]5(C)[C@H](CC[C@@]6(C)[C@H]5CC=C5[C@@H]7C[C@@]8(C)C[C@H](OC8=O)[C@@]7(C)CC[C@@]56C)[C@]4(C)CO)O[C@@H](C(=O)O)[C@@H](O)[C@H]3O)C[C@H](O)[C@H](O)[C@H](C(=O)O)O2)[C@@H](O)[C@H](O)[C@@H]1O. The summed E-state index contributed by atoms with van der Waals surface area (Å²) in [6.45, 7) is 14.3. The van der Waals surface area contributed by atoms with Gasteiger partial charge in [0.05, 0.1) is 36.8 Å². The van der Waals surface area contributed by atoms with Crippen LogP contribution in [0, 0.1) is 50.2 Å². The Morgan fingerprint density at radius 3 is 2.07 bits per heavy atom. The highest BCUT2D eigenvalue weighted by Gasteiger charge is 2.72. The first-order chi connectivity index (χ1) is 31.6.